The molecular formula is C17H23N5O2. The fourth-order valence-electron chi connectivity index (χ4n) is 2.39. The molecule has 1 fully saturated rings. The monoisotopic (exact) mass is 329 g/mol. The van der Waals surface area contributed by atoms with Crippen molar-refractivity contribution in [1.29, 1.82) is 0 Å². The molecule has 0 radical (unpaired) electrons. The average molecular weight is 329 g/mol. The lowest BCUT2D eigenvalue weighted by Gasteiger charge is -2.15. The van der Waals surface area contributed by atoms with E-state index in [0.29, 0.717) is 19.0 Å². The molecule has 1 aromatic heterocycles. The van der Waals surface area contributed by atoms with E-state index in [1.165, 1.54) is 19.2 Å². The number of urea groups is 1. The van der Waals surface area contributed by atoms with Crippen molar-refractivity contribution in [2.75, 3.05) is 6.61 Å². The Bertz CT molecular complexity index is 655. The minimum atomic E-state index is -0.209. The summed E-state index contributed by atoms with van der Waals surface area (Å²) >= 11 is 0. The number of nitrogens with one attached hydrogen (secondary N) is 2. The van der Waals surface area contributed by atoms with Crippen LogP contribution in [0, 0.1) is 5.92 Å². The average Bonchev–Trinajstić information content (AvgIpc) is 3.27. The lowest BCUT2D eigenvalue weighted by Crippen LogP contribution is -2.42. The minimum Gasteiger partial charge on any atom is -0.493 e. The number of nitrogens with zero attached hydrogens (tertiary/aromatic N) is 3. The van der Waals surface area contributed by atoms with Crippen LogP contribution in [0.25, 0.3) is 0 Å². The maximum absolute atomic E-state index is 12.0. The molecule has 0 spiro atoms. The van der Waals surface area contributed by atoms with Gasteiger partial charge in [0.25, 0.3) is 0 Å². The number of amides is 2. The number of hydrogen-bond donors (Lipinski definition) is 2. The van der Waals surface area contributed by atoms with Crippen molar-refractivity contribution in [3.05, 3.63) is 42.5 Å². The largest absolute Gasteiger partial charge is 0.493 e. The van der Waals surface area contributed by atoms with Crippen LogP contribution in [-0.2, 0) is 13.1 Å². The van der Waals surface area contributed by atoms with E-state index < -0.39 is 0 Å². The van der Waals surface area contributed by atoms with E-state index >= 15 is 0 Å². The van der Waals surface area contributed by atoms with Crippen LogP contribution < -0.4 is 15.4 Å². The Morgan fingerprint density at radius 1 is 1.42 bits per heavy atom. The second kappa shape index (κ2) is 7.81. The second-order valence-electron chi connectivity index (χ2n) is 6.21. The molecule has 2 N–H and O–H groups in total. The van der Waals surface area contributed by atoms with E-state index in [0.717, 1.165) is 17.9 Å². The van der Waals surface area contributed by atoms with E-state index in [4.69, 9.17) is 4.74 Å². The lowest BCUT2D eigenvalue weighted by atomic mass is 10.2. The summed E-state index contributed by atoms with van der Waals surface area (Å²) in [7, 11) is 0. The van der Waals surface area contributed by atoms with Crippen molar-refractivity contribution in [3.63, 3.8) is 0 Å². The van der Waals surface area contributed by atoms with Crippen LogP contribution in [-0.4, -0.2) is 33.4 Å². The molecule has 2 amide bonds. The standard InChI is InChI=1S/C17H23N5O2/c1-13(9-22-12-18-11-20-22)21-17(23)19-8-15-4-2-3-5-16(15)24-10-14-6-7-14/h2-5,11-14H,6-10H2,1H3,(H2,19,21,23)/t13-/m0/s1. The number of aromatic nitrogens is 3. The van der Waals surface area contributed by atoms with E-state index in [1.54, 1.807) is 11.0 Å². The molecule has 7 nitrogen and oxygen atoms in total. The molecule has 3 rings (SSSR count). The Kier molecular flexibility index (Phi) is 5.30. The zero-order valence-electron chi connectivity index (χ0n) is 13.8. The van der Waals surface area contributed by atoms with Gasteiger partial charge in [0.2, 0.25) is 0 Å². The van der Waals surface area contributed by atoms with Crippen LogP contribution >= 0.6 is 0 Å². The van der Waals surface area contributed by atoms with Crippen molar-refractivity contribution in [2.45, 2.75) is 38.9 Å². The highest BCUT2D eigenvalue weighted by atomic mass is 16.5. The highest BCUT2D eigenvalue weighted by molar-refractivity contribution is 5.74. The van der Waals surface area contributed by atoms with Gasteiger partial charge in [-0.05, 0) is 31.7 Å². The Balaban J connectivity index is 1.45. The maximum atomic E-state index is 12.0. The Morgan fingerprint density at radius 2 is 2.25 bits per heavy atom. The van der Waals surface area contributed by atoms with Gasteiger partial charge in [-0.1, -0.05) is 18.2 Å². The first-order valence-corrected chi connectivity index (χ1v) is 8.28. The van der Waals surface area contributed by atoms with Gasteiger partial charge in [-0.3, -0.25) is 4.68 Å². The summed E-state index contributed by atoms with van der Waals surface area (Å²) in [6.07, 6.45) is 5.62. The third-order valence-corrected chi connectivity index (χ3v) is 3.89. The van der Waals surface area contributed by atoms with Gasteiger partial charge in [0, 0.05) is 18.2 Å². The number of para-hydroxylation sites is 1. The maximum Gasteiger partial charge on any atom is 0.315 e. The molecule has 0 unspecified atom stereocenters. The molecule has 0 bridgehead atoms. The third kappa shape index (κ3) is 4.97. The first-order valence-electron chi connectivity index (χ1n) is 8.28. The Hall–Kier alpha value is -2.57. The van der Waals surface area contributed by atoms with E-state index in [9.17, 15) is 4.79 Å². The molecule has 0 saturated heterocycles. The van der Waals surface area contributed by atoms with E-state index in [1.807, 2.05) is 31.2 Å². The molecule has 2 aromatic rings. The predicted octanol–water partition coefficient (Wildman–Crippen LogP) is 1.95. The van der Waals surface area contributed by atoms with Crippen LogP contribution in [0.2, 0.25) is 0 Å². The van der Waals surface area contributed by atoms with Crippen LogP contribution in [0.4, 0.5) is 4.79 Å². The van der Waals surface area contributed by atoms with Gasteiger partial charge >= 0.3 is 6.03 Å². The minimum absolute atomic E-state index is 0.0481. The van der Waals surface area contributed by atoms with Gasteiger partial charge in [0.05, 0.1) is 13.2 Å². The fraction of sp³-hybridized carbons (Fsp3) is 0.471. The van der Waals surface area contributed by atoms with E-state index in [-0.39, 0.29) is 12.1 Å². The molecule has 1 aliphatic carbocycles. The molecular weight excluding hydrogens is 306 g/mol. The summed E-state index contributed by atoms with van der Waals surface area (Å²) in [5, 5.41) is 9.79. The molecule has 1 atom stereocenters. The molecule has 128 valence electrons. The van der Waals surface area contributed by atoms with Crippen molar-refractivity contribution < 1.29 is 9.53 Å². The third-order valence-electron chi connectivity index (χ3n) is 3.89. The Morgan fingerprint density at radius 3 is 3.00 bits per heavy atom. The van der Waals surface area contributed by atoms with Crippen LogP contribution in [0.1, 0.15) is 25.3 Å². The molecule has 1 saturated carbocycles. The van der Waals surface area contributed by atoms with Crippen molar-refractivity contribution in [1.82, 2.24) is 25.4 Å². The van der Waals surface area contributed by atoms with Crippen LogP contribution in [0.15, 0.2) is 36.9 Å². The smallest absolute Gasteiger partial charge is 0.315 e. The quantitative estimate of drug-likeness (QED) is 0.776. The fourth-order valence-corrected chi connectivity index (χ4v) is 2.39. The van der Waals surface area contributed by atoms with Gasteiger partial charge in [0.15, 0.2) is 0 Å². The van der Waals surface area contributed by atoms with Gasteiger partial charge < -0.3 is 15.4 Å². The summed E-state index contributed by atoms with van der Waals surface area (Å²) < 4.78 is 7.54. The summed E-state index contributed by atoms with van der Waals surface area (Å²) in [5.41, 5.74) is 0.984. The first kappa shape index (κ1) is 16.3. The molecule has 24 heavy (non-hydrogen) atoms. The molecule has 7 heteroatoms. The number of carbonyl (C=O) groups excluding carboxylic acids is 1. The number of ether oxygens (including phenoxy) is 1. The SMILES string of the molecule is C[C@@H](Cn1cncn1)NC(=O)NCc1ccccc1OCC1CC1. The molecule has 1 heterocycles. The highest BCUT2D eigenvalue weighted by Gasteiger charge is 2.22. The highest BCUT2D eigenvalue weighted by Crippen LogP contribution is 2.30. The van der Waals surface area contributed by atoms with Crippen LogP contribution in [0.3, 0.4) is 0 Å². The summed E-state index contributed by atoms with van der Waals surface area (Å²) in [6, 6.07) is 7.57. The lowest BCUT2D eigenvalue weighted by molar-refractivity contribution is 0.235. The van der Waals surface area contributed by atoms with Crippen LogP contribution in [0.5, 0.6) is 5.75 Å². The van der Waals surface area contributed by atoms with Crippen molar-refractivity contribution in [2.24, 2.45) is 5.92 Å². The summed E-state index contributed by atoms with van der Waals surface area (Å²) in [5.74, 6) is 1.55. The van der Waals surface area contributed by atoms with Gasteiger partial charge in [-0.25, -0.2) is 9.78 Å². The Labute approximate surface area is 141 Å². The summed E-state index contributed by atoms with van der Waals surface area (Å²) in [4.78, 5) is 15.9. The normalized spacial score (nSPS) is 14.9. The second-order valence-corrected chi connectivity index (χ2v) is 6.21. The number of hydrogen-bond acceptors (Lipinski definition) is 4. The zero-order valence-corrected chi connectivity index (χ0v) is 13.8. The number of benzene rings is 1. The summed E-state index contributed by atoms with van der Waals surface area (Å²) in [6.45, 7) is 3.70. The molecule has 0 aliphatic heterocycles. The molecule has 1 aliphatic rings. The van der Waals surface area contributed by atoms with Gasteiger partial charge in [-0.15, -0.1) is 0 Å². The number of rotatable bonds is 8. The van der Waals surface area contributed by atoms with E-state index in [2.05, 4.69) is 20.7 Å². The zero-order chi connectivity index (χ0) is 16.8. The van der Waals surface area contributed by atoms with Gasteiger partial charge in [0.1, 0.15) is 18.4 Å². The predicted molar refractivity (Wildman–Crippen MR) is 89.5 cm³/mol. The van der Waals surface area contributed by atoms with Crippen molar-refractivity contribution >= 4 is 6.03 Å². The number of carbonyl (C=O) groups is 1. The molecule has 1 aromatic carbocycles. The van der Waals surface area contributed by atoms with Gasteiger partial charge in [-0.2, -0.15) is 5.10 Å². The topological polar surface area (TPSA) is 81.1 Å². The van der Waals surface area contributed by atoms with Crippen molar-refractivity contribution in [3.8, 4) is 5.75 Å². The first-order chi connectivity index (χ1) is 11.7.